The Labute approximate surface area is 194 Å². The molecule has 5 rings (SSSR count). The molecule has 0 aliphatic carbocycles. The Hall–Kier alpha value is -3.13. The number of carbonyl (C=O) groups excluding carboxylic acids is 1. The molecule has 1 aromatic carbocycles. The van der Waals surface area contributed by atoms with E-state index in [0.29, 0.717) is 18.5 Å². The van der Waals surface area contributed by atoms with E-state index in [0.717, 1.165) is 57.7 Å². The zero-order valence-corrected chi connectivity index (χ0v) is 19.2. The van der Waals surface area contributed by atoms with Crippen molar-refractivity contribution in [1.29, 1.82) is 0 Å². The highest BCUT2D eigenvalue weighted by atomic mass is 79.9. The van der Waals surface area contributed by atoms with Crippen molar-refractivity contribution in [2.24, 2.45) is 0 Å². The smallest absolute Gasteiger partial charge is 0.252 e. The summed E-state index contributed by atoms with van der Waals surface area (Å²) in [6.07, 6.45) is 8.63. The van der Waals surface area contributed by atoms with Gasteiger partial charge in [0.2, 0.25) is 0 Å². The summed E-state index contributed by atoms with van der Waals surface area (Å²) in [7, 11) is 0. The number of hydrogen-bond donors (Lipinski definition) is 1. The number of aromatic nitrogens is 5. The van der Waals surface area contributed by atoms with E-state index in [9.17, 15) is 4.79 Å². The standard InChI is InChI=1S/C24H23BrN6O/c25-17-5-6-20-18(14-17)19(15-21(28-20)16-7-10-26-11-8-16)24(32)27-12-9-23-30-29-22-4-2-1-3-13-31(22)23/h5-8,10-11,14-15H,1-4,9,12-13H2,(H,27,32). The lowest BCUT2D eigenvalue weighted by molar-refractivity contribution is 0.0955. The van der Waals surface area contributed by atoms with E-state index in [-0.39, 0.29) is 5.91 Å². The average molecular weight is 491 g/mol. The fourth-order valence-corrected chi connectivity index (χ4v) is 4.53. The molecule has 0 saturated carbocycles. The molecule has 8 heteroatoms. The van der Waals surface area contributed by atoms with Gasteiger partial charge in [-0.25, -0.2) is 4.98 Å². The molecule has 0 radical (unpaired) electrons. The third-order valence-electron chi connectivity index (χ3n) is 5.81. The summed E-state index contributed by atoms with van der Waals surface area (Å²) in [4.78, 5) is 22.1. The largest absolute Gasteiger partial charge is 0.352 e. The van der Waals surface area contributed by atoms with Gasteiger partial charge in [-0.2, -0.15) is 0 Å². The summed E-state index contributed by atoms with van der Waals surface area (Å²) in [6, 6.07) is 11.4. The van der Waals surface area contributed by atoms with Crippen molar-refractivity contribution < 1.29 is 4.79 Å². The van der Waals surface area contributed by atoms with Gasteiger partial charge < -0.3 is 9.88 Å². The van der Waals surface area contributed by atoms with Crippen molar-refractivity contribution in [1.82, 2.24) is 30.0 Å². The third kappa shape index (κ3) is 4.27. The summed E-state index contributed by atoms with van der Waals surface area (Å²) >= 11 is 3.51. The SMILES string of the molecule is O=C(NCCc1nnc2n1CCCCC2)c1cc(-c2ccncc2)nc2ccc(Br)cc12. The van der Waals surface area contributed by atoms with Crippen molar-refractivity contribution in [2.45, 2.75) is 38.6 Å². The number of aryl methyl sites for hydroxylation is 1. The molecule has 7 nitrogen and oxygen atoms in total. The minimum Gasteiger partial charge on any atom is -0.352 e. The van der Waals surface area contributed by atoms with E-state index in [1.807, 2.05) is 36.4 Å². The molecule has 1 aliphatic rings. The fourth-order valence-electron chi connectivity index (χ4n) is 4.17. The third-order valence-corrected chi connectivity index (χ3v) is 6.30. The second-order valence-corrected chi connectivity index (χ2v) is 8.87. The molecule has 0 saturated heterocycles. The highest BCUT2D eigenvalue weighted by Gasteiger charge is 2.17. The Bertz CT molecular complexity index is 1270. The molecule has 3 aromatic heterocycles. The van der Waals surface area contributed by atoms with Crippen LogP contribution < -0.4 is 5.32 Å². The molecule has 0 fully saturated rings. The minimum absolute atomic E-state index is 0.124. The predicted octanol–water partition coefficient (Wildman–Crippen LogP) is 4.35. The molecule has 0 bridgehead atoms. The lowest BCUT2D eigenvalue weighted by atomic mass is 10.0. The molecule has 4 aromatic rings. The number of hydrogen-bond acceptors (Lipinski definition) is 5. The molecule has 1 N–H and O–H groups in total. The van der Waals surface area contributed by atoms with E-state index < -0.39 is 0 Å². The topological polar surface area (TPSA) is 85.6 Å². The van der Waals surface area contributed by atoms with Crippen molar-refractivity contribution in [3.05, 3.63) is 70.5 Å². The first-order valence-corrected chi connectivity index (χ1v) is 11.7. The van der Waals surface area contributed by atoms with Crippen LogP contribution in [0.1, 0.15) is 41.3 Å². The van der Waals surface area contributed by atoms with Crippen LogP contribution in [0.2, 0.25) is 0 Å². The maximum Gasteiger partial charge on any atom is 0.252 e. The van der Waals surface area contributed by atoms with Gasteiger partial charge in [0.15, 0.2) is 0 Å². The van der Waals surface area contributed by atoms with Crippen LogP contribution in [-0.4, -0.2) is 37.2 Å². The van der Waals surface area contributed by atoms with Gasteiger partial charge in [-0.15, -0.1) is 10.2 Å². The van der Waals surface area contributed by atoms with Gasteiger partial charge in [0.05, 0.1) is 16.8 Å². The number of benzene rings is 1. The maximum absolute atomic E-state index is 13.2. The van der Waals surface area contributed by atoms with Crippen LogP contribution in [0.5, 0.6) is 0 Å². The van der Waals surface area contributed by atoms with Crippen molar-refractivity contribution in [3.8, 4) is 11.3 Å². The van der Waals surface area contributed by atoms with E-state index >= 15 is 0 Å². The zero-order valence-electron chi connectivity index (χ0n) is 17.6. The maximum atomic E-state index is 13.2. The Kier molecular flexibility index (Phi) is 5.94. The highest BCUT2D eigenvalue weighted by molar-refractivity contribution is 9.10. The number of pyridine rings is 2. The molecule has 1 amide bonds. The number of nitrogens with one attached hydrogen (secondary N) is 1. The molecule has 4 heterocycles. The molecule has 0 unspecified atom stereocenters. The van der Waals surface area contributed by atoms with Crippen molar-refractivity contribution in [3.63, 3.8) is 0 Å². The second kappa shape index (κ2) is 9.16. The first-order valence-electron chi connectivity index (χ1n) is 10.9. The molecule has 32 heavy (non-hydrogen) atoms. The summed E-state index contributed by atoms with van der Waals surface area (Å²) in [6.45, 7) is 1.46. The normalized spacial score (nSPS) is 13.5. The number of nitrogens with zero attached hydrogens (tertiary/aromatic N) is 5. The monoisotopic (exact) mass is 490 g/mol. The second-order valence-electron chi connectivity index (χ2n) is 7.95. The Morgan fingerprint density at radius 3 is 2.81 bits per heavy atom. The van der Waals surface area contributed by atoms with Crippen LogP contribution in [0.15, 0.2) is 53.3 Å². The van der Waals surface area contributed by atoms with Gasteiger partial charge in [-0.3, -0.25) is 9.78 Å². The number of rotatable bonds is 5. The molecule has 162 valence electrons. The van der Waals surface area contributed by atoms with Gasteiger partial charge in [0.1, 0.15) is 11.6 Å². The van der Waals surface area contributed by atoms with E-state index in [4.69, 9.17) is 4.98 Å². The van der Waals surface area contributed by atoms with Gasteiger partial charge in [-0.1, -0.05) is 22.4 Å². The Balaban J connectivity index is 1.39. The number of amides is 1. The van der Waals surface area contributed by atoms with Gasteiger partial charge >= 0.3 is 0 Å². The predicted molar refractivity (Wildman–Crippen MR) is 126 cm³/mol. The molecule has 0 atom stereocenters. The lowest BCUT2D eigenvalue weighted by Crippen LogP contribution is -2.27. The molecule has 0 spiro atoms. The minimum atomic E-state index is -0.124. The van der Waals surface area contributed by atoms with E-state index in [1.165, 1.54) is 12.8 Å². The van der Waals surface area contributed by atoms with Crippen LogP contribution >= 0.6 is 15.9 Å². The van der Waals surface area contributed by atoms with Crippen molar-refractivity contribution >= 4 is 32.7 Å². The average Bonchev–Trinajstić information content (AvgIpc) is 3.04. The number of fused-ring (bicyclic) bond motifs is 2. The Morgan fingerprint density at radius 1 is 1.06 bits per heavy atom. The molecular formula is C24H23BrN6O. The molecular weight excluding hydrogens is 468 g/mol. The lowest BCUT2D eigenvalue weighted by Gasteiger charge is -2.11. The summed E-state index contributed by atoms with van der Waals surface area (Å²) in [5.41, 5.74) is 3.04. The highest BCUT2D eigenvalue weighted by Crippen LogP contribution is 2.27. The summed E-state index contributed by atoms with van der Waals surface area (Å²) in [5, 5.41) is 12.6. The zero-order chi connectivity index (χ0) is 21.9. The first-order chi connectivity index (χ1) is 15.7. The number of carbonyl (C=O) groups is 1. The van der Waals surface area contributed by atoms with E-state index in [2.05, 4.69) is 41.0 Å². The first kappa shape index (κ1) is 20.8. The van der Waals surface area contributed by atoms with E-state index in [1.54, 1.807) is 12.4 Å². The molecule has 1 aliphatic heterocycles. The van der Waals surface area contributed by atoms with Gasteiger partial charge in [0, 0.05) is 53.7 Å². The fraction of sp³-hybridized carbons (Fsp3) is 0.292. The van der Waals surface area contributed by atoms with Crippen molar-refractivity contribution in [2.75, 3.05) is 6.54 Å². The van der Waals surface area contributed by atoms with Crippen LogP contribution in [0.4, 0.5) is 0 Å². The van der Waals surface area contributed by atoms with Crippen LogP contribution in [-0.2, 0) is 19.4 Å². The van der Waals surface area contributed by atoms with Gasteiger partial charge in [-0.05, 0) is 49.2 Å². The summed E-state index contributed by atoms with van der Waals surface area (Å²) < 4.78 is 3.13. The van der Waals surface area contributed by atoms with Gasteiger partial charge in [0.25, 0.3) is 5.91 Å². The quantitative estimate of drug-likeness (QED) is 0.449. The number of halogens is 1. The van der Waals surface area contributed by atoms with Crippen LogP contribution in [0, 0.1) is 0 Å². The Morgan fingerprint density at radius 2 is 1.94 bits per heavy atom. The van der Waals surface area contributed by atoms with Crippen LogP contribution in [0.3, 0.4) is 0 Å². The van der Waals surface area contributed by atoms with Crippen LogP contribution in [0.25, 0.3) is 22.2 Å². The summed E-state index contributed by atoms with van der Waals surface area (Å²) in [5.74, 6) is 1.89.